The van der Waals surface area contributed by atoms with Crippen molar-refractivity contribution in [2.24, 2.45) is 0 Å². The molecule has 0 saturated carbocycles. The van der Waals surface area contributed by atoms with E-state index in [9.17, 15) is 5.11 Å². The SMILES string of the molecule is CCc1cccc(-c2ccccc2OC)c1O. The molecule has 0 fully saturated rings. The Morgan fingerprint density at radius 1 is 1.00 bits per heavy atom. The maximum Gasteiger partial charge on any atom is 0.126 e. The van der Waals surface area contributed by atoms with Gasteiger partial charge in [-0.05, 0) is 18.1 Å². The van der Waals surface area contributed by atoms with E-state index in [1.165, 1.54) is 0 Å². The van der Waals surface area contributed by atoms with E-state index < -0.39 is 0 Å². The van der Waals surface area contributed by atoms with Gasteiger partial charge in [0.05, 0.1) is 7.11 Å². The number of ether oxygens (including phenoxy) is 1. The van der Waals surface area contributed by atoms with Crippen LogP contribution in [-0.4, -0.2) is 12.2 Å². The van der Waals surface area contributed by atoms with Crippen molar-refractivity contribution >= 4 is 0 Å². The molecule has 0 aliphatic rings. The van der Waals surface area contributed by atoms with Crippen molar-refractivity contribution in [2.45, 2.75) is 13.3 Å². The van der Waals surface area contributed by atoms with Crippen LogP contribution in [0.1, 0.15) is 12.5 Å². The summed E-state index contributed by atoms with van der Waals surface area (Å²) in [5.41, 5.74) is 2.69. The number of hydrogen-bond acceptors (Lipinski definition) is 2. The van der Waals surface area contributed by atoms with Gasteiger partial charge in [0.1, 0.15) is 11.5 Å². The highest BCUT2D eigenvalue weighted by atomic mass is 16.5. The summed E-state index contributed by atoms with van der Waals surface area (Å²) in [6, 6.07) is 13.5. The van der Waals surface area contributed by atoms with Gasteiger partial charge in [0.25, 0.3) is 0 Å². The quantitative estimate of drug-likeness (QED) is 0.869. The van der Waals surface area contributed by atoms with Gasteiger partial charge in [0.15, 0.2) is 0 Å². The average molecular weight is 228 g/mol. The van der Waals surface area contributed by atoms with Crippen molar-refractivity contribution < 1.29 is 9.84 Å². The number of benzene rings is 2. The van der Waals surface area contributed by atoms with Crippen molar-refractivity contribution in [3.63, 3.8) is 0 Å². The minimum absolute atomic E-state index is 0.347. The van der Waals surface area contributed by atoms with Gasteiger partial charge in [-0.3, -0.25) is 0 Å². The third-order valence-electron chi connectivity index (χ3n) is 2.90. The first-order valence-corrected chi connectivity index (χ1v) is 5.72. The Bertz CT molecular complexity index is 518. The fourth-order valence-corrected chi connectivity index (χ4v) is 1.96. The first kappa shape index (κ1) is 11.5. The lowest BCUT2D eigenvalue weighted by Gasteiger charge is -2.12. The van der Waals surface area contributed by atoms with E-state index in [-0.39, 0.29) is 0 Å². The van der Waals surface area contributed by atoms with Gasteiger partial charge in [-0.15, -0.1) is 0 Å². The second-order valence-electron chi connectivity index (χ2n) is 3.87. The maximum absolute atomic E-state index is 10.2. The van der Waals surface area contributed by atoms with Crippen LogP contribution in [0, 0.1) is 0 Å². The van der Waals surface area contributed by atoms with E-state index in [1.807, 2.05) is 49.4 Å². The number of rotatable bonds is 3. The number of phenolic OH excluding ortho intramolecular Hbond substituents is 1. The molecule has 0 aliphatic heterocycles. The zero-order valence-corrected chi connectivity index (χ0v) is 10.1. The summed E-state index contributed by atoms with van der Waals surface area (Å²) < 4.78 is 5.32. The van der Waals surface area contributed by atoms with Crippen LogP contribution in [-0.2, 0) is 6.42 Å². The standard InChI is InChI=1S/C15H16O2/c1-3-11-7-6-9-13(15(11)16)12-8-4-5-10-14(12)17-2/h4-10,16H,3H2,1-2H3. The number of para-hydroxylation sites is 2. The van der Waals surface area contributed by atoms with Crippen LogP contribution < -0.4 is 4.74 Å². The van der Waals surface area contributed by atoms with Crippen LogP contribution in [0.25, 0.3) is 11.1 Å². The summed E-state index contributed by atoms with van der Waals surface area (Å²) in [5.74, 6) is 1.12. The number of phenols is 1. The molecule has 0 unspecified atom stereocenters. The molecule has 0 heterocycles. The lowest BCUT2D eigenvalue weighted by Crippen LogP contribution is -1.90. The molecular formula is C15H16O2. The lowest BCUT2D eigenvalue weighted by atomic mass is 9.99. The summed E-state index contributed by atoms with van der Waals surface area (Å²) in [4.78, 5) is 0. The fourth-order valence-electron chi connectivity index (χ4n) is 1.96. The molecule has 0 atom stereocenters. The minimum Gasteiger partial charge on any atom is -0.507 e. The number of hydrogen-bond donors (Lipinski definition) is 1. The first-order valence-electron chi connectivity index (χ1n) is 5.72. The molecule has 0 aromatic heterocycles. The van der Waals surface area contributed by atoms with Crippen LogP contribution in [0.15, 0.2) is 42.5 Å². The van der Waals surface area contributed by atoms with Crippen molar-refractivity contribution in [2.75, 3.05) is 7.11 Å². The summed E-state index contributed by atoms with van der Waals surface area (Å²) in [6.45, 7) is 2.03. The maximum atomic E-state index is 10.2. The predicted octanol–water partition coefficient (Wildman–Crippen LogP) is 3.63. The van der Waals surface area contributed by atoms with E-state index >= 15 is 0 Å². The Balaban J connectivity index is 2.60. The molecule has 2 nitrogen and oxygen atoms in total. The second kappa shape index (κ2) is 4.91. The third kappa shape index (κ3) is 2.11. The summed E-state index contributed by atoms with van der Waals surface area (Å²) in [7, 11) is 1.64. The highest BCUT2D eigenvalue weighted by Gasteiger charge is 2.11. The summed E-state index contributed by atoms with van der Waals surface area (Å²) >= 11 is 0. The van der Waals surface area contributed by atoms with Gasteiger partial charge in [-0.1, -0.05) is 43.3 Å². The predicted molar refractivity (Wildman–Crippen MR) is 69.5 cm³/mol. The Morgan fingerprint density at radius 2 is 1.71 bits per heavy atom. The van der Waals surface area contributed by atoms with Gasteiger partial charge < -0.3 is 9.84 Å². The van der Waals surface area contributed by atoms with Crippen LogP contribution in [0.3, 0.4) is 0 Å². The van der Waals surface area contributed by atoms with Crippen LogP contribution in [0.2, 0.25) is 0 Å². The summed E-state index contributed by atoms with van der Waals surface area (Å²) in [5, 5.41) is 10.2. The molecule has 1 N–H and O–H groups in total. The van der Waals surface area contributed by atoms with Gasteiger partial charge in [0.2, 0.25) is 0 Å². The number of aromatic hydroxyl groups is 1. The highest BCUT2D eigenvalue weighted by molar-refractivity contribution is 5.76. The Morgan fingerprint density at radius 3 is 2.41 bits per heavy atom. The molecular weight excluding hydrogens is 212 g/mol. The van der Waals surface area contributed by atoms with Crippen molar-refractivity contribution in [3.05, 3.63) is 48.0 Å². The van der Waals surface area contributed by atoms with Crippen molar-refractivity contribution in [3.8, 4) is 22.6 Å². The molecule has 17 heavy (non-hydrogen) atoms. The largest absolute Gasteiger partial charge is 0.507 e. The third-order valence-corrected chi connectivity index (χ3v) is 2.90. The molecule has 0 aliphatic carbocycles. The highest BCUT2D eigenvalue weighted by Crippen LogP contribution is 2.37. The fraction of sp³-hybridized carbons (Fsp3) is 0.200. The van der Waals surface area contributed by atoms with Crippen LogP contribution >= 0.6 is 0 Å². The van der Waals surface area contributed by atoms with Gasteiger partial charge in [-0.2, -0.15) is 0 Å². The van der Waals surface area contributed by atoms with E-state index in [4.69, 9.17) is 4.74 Å². The second-order valence-corrected chi connectivity index (χ2v) is 3.87. The molecule has 2 aromatic carbocycles. The van der Waals surface area contributed by atoms with E-state index in [0.29, 0.717) is 5.75 Å². The molecule has 88 valence electrons. The monoisotopic (exact) mass is 228 g/mol. The molecule has 2 rings (SSSR count). The molecule has 2 aromatic rings. The van der Waals surface area contributed by atoms with Gasteiger partial charge in [-0.25, -0.2) is 0 Å². The number of methoxy groups -OCH3 is 1. The summed E-state index contributed by atoms with van der Waals surface area (Å²) in [6.07, 6.45) is 0.814. The molecule has 0 amide bonds. The molecule has 0 saturated heterocycles. The van der Waals surface area contributed by atoms with Crippen LogP contribution in [0.4, 0.5) is 0 Å². The average Bonchev–Trinajstić information content (AvgIpc) is 2.39. The van der Waals surface area contributed by atoms with E-state index in [0.717, 1.165) is 28.9 Å². The minimum atomic E-state index is 0.347. The van der Waals surface area contributed by atoms with Gasteiger partial charge in [0, 0.05) is 11.1 Å². The molecule has 0 spiro atoms. The molecule has 0 radical (unpaired) electrons. The molecule has 0 bridgehead atoms. The van der Waals surface area contributed by atoms with Gasteiger partial charge >= 0.3 is 0 Å². The Hall–Kier alpha value is -1.96. The zero-order valence-electron chi connectivity index (χ0n) is 10.1. The Kier molecular flexibility index (Phi) is 3.33. The Labute approximate surface area is 101 Å². The normalized spacial score (nSPS) is 10.2. The van der Waals surface area contributed by atoms with Crippen molar-refractivity contribution in [1.29, 1.82) is 0 Å². The zero-order chi connectivity index (χ0) is 12.3. The van der Waals surface area contributed by atoms with Crippen LogP contribution in [0.5, 0.6) is 11.5 Å². The van der Waals surface area contributed by atoms with Crippen molar-refractivity contribution in [1.82, 2.24) is 0 Å². The van der Waals surface area contributed by atoms with E-state index in [1.54, 1.807) is 7.11 Å². The van der Waals surface area contributed by atoms with E-state index in [2.05, 4.69) is 0 Å². The topological polar surface area (TPSA) is 29.5 Å². The smallest absolute Gasteiger partial charge is 0.126 e. The lowest BCUT2D eigenvalue weighted by molar-refractivity contribution is 0.415. The molecule has 2 heteroatoms. The first-order chi connectivity index (χ1) is 8.27. The number of aryl methyl sites for hydroxylation is 1.